The van der Waals surface area contributed by atoms with E-state index in [1.165, 1.54) is 0 Å². The van der Waals surface area contributed by atoms with Crippen LogP contribution in [0.25, 0.3) is 0 Å². The van der Waals surface area contributed by atoms with Crippen molar-refractivity contribution >= 4 is 9.53 Å². The molecule has 0 aliphatic carbocycles. The van der Waals surface area contributed by atoms with Gasteiger partial charge in [-0.15, -0.1) is 0 Å². The molecule has 0 heterocycles. The summed E-state index contributed by atoms with van der Waals surface area (Å²) in [5, 5.41) is 0. The van der Waals surface area contributed by atoms with Crippen LogP contribution < -0.4 is 0 Å². The minimum atomic E-state index is -1.83. The Morgan fingerprint density at radius 3 is 1.69 bits per heavy atom. The molecule has 0 rings (SSSR count). The molecule has 13 heavy (non-hydrogen) atoms. The van der Waals surface area contributed by atoms with E-state index in [0.29, 0.717) is 19.8 Å². The van der Waals surface area contributed by atoms with Crippen molar-refractivity contribution < 1.29 is 13.3 Å². The standard InChI is InChI=1S/C9H22O3Si/c1-6-10-13(11-7-2)12-8-9(3,4)5/h13H,6-8H2,1-5H3. The van der Waals surface area contributed by atoms with E-state index in [4.69, 9.17) is 13.3 Å². The van der Waals surface area contributed by atoms with Gasteiger partial charge < -0.3 is 13.3 Å². The van der Waals surface area contributed by atoms with Crippen LogP contribution in [-0.4, -0.2) is 29.3 Å². The van der Waals surface area contributed by atoms with E-state index in [-0.39, 0.29) is 5.41 Å². The van der Waals surface area contributed by atoms with E-state index in [9.17, 15) is 0 Å². The van der Waals surface area contributed by atoms with Gasteiger partial charge in [0.2, 0.25) is 0 Å². The van der Waals surface area contributed by atoms with Crippen LogP contribution in [0.2, 0.25) is 0 Å². The van der Waals surface area contributed by atoms with Crippen LogP contribution in [0.15, 0.2) is 0 Å². The molecule has 0 aromatic heterocycles. The fourth-order valence-electron chi connectivity index (χ4n) is 0.735. The molecule has 0 fully saturated rings. The molecule has 0 aliphatic rings. The summed E-state index contributed by atoms with van der Waals surface area (Å²) in [5.41, 5.74) is 0.180. The molecule has 0 aromatic carbocycles. The highest BCUT2D eigenvalue weighted by molar-refractivity contribution is 6.36. The van der Waals surface area contributed by atoms with E-state index in [2.05, 4.69) is 20.8 Å². The van der Waals surface area contributed by atoms with Gasteiger partial charge in [0.1, 0.15) is 0 Å². The lowest BCUT2D eigenvalue weighted by Crippen LogP contribution is -2.31. The molecule has 0 atom stereocenters. The van der Waals surface area contributed by atoms with E-state index < -0.39 is 9.53 Å². The topological polar surface area (TPSA) is 27.7 Å². The maximum atomic E-state index is 5.58. The van der Waals surface area contributed by atoms with Crippen molar-refractivity contribution in [3.63, 3.8) is 0 Å². The summed E-state index contributed by atoms with van der Waals surface area (Å²) in [7, 11) is -1.83. The fraction of sp³-hybridized carbons (Fsp3) is 1.00. The number of hydrogen-bond donors (Lipinski definition) is 0. The summed E-state index contributed by atoms with van der Waals surface area (Å²) < 4.78 is 16.3. The molecule has 0 amide bonds. The quantitative estimate of drug-likeness (QED) is 0.621. The van der Waals surface area contributed by atoms with E-state index in [1.54, 1.807) is 0 Å². The molecule has 0 aromatic rings. The van der Waals surface area contributed by atoms with Gasteiger partial charge >= 0.3 is 9.53 Å². The van der Waals surface area contributed by atoms with Crippen LogP contribution in [0.1, 0.15) is 34.6 Å². The van der Waals surface area contributed by atoms with Gasteiger partial charge in [-0.3, -0.25) is 0 Å². The van der Waals surface area contributed by atoms with Gasteiger partial charge in [-0.1, -0.05) is 20.8 Å². The third-order valence-corrected chi connectivity index (χ3v) is 2.91. The van der Waals surface area contributed by atoms with Crippen LogP contribution in [0, 0.1) is 5.41 Å². The van der Waals surface area contributed by atoms with Crippen molar-refractivity contribution in [2.75, 3.05) is 19.8 Å². The minimum Gasteiger partial charge on any atom is -0.376 e. The highest BCUT2D eigenvalue weighted by Gasteiger charge is 2.18. The largest absolute Gasteiger partial charge is 0.484 e. The van der Waals surface area contributed by atoms with Crippen molar-refractivity contribution in [3.05, 3.63) is 0 Å². The smallest absolute Gasteiger partial charge is 0.376 e. The van der Waals surface area contributed by atoms with Crippen LogP contribution in [-0.2, 0) is 13.3 Å². The highest BCUT2D eigenvalue weighted by atomic mass is 28.3. The monoisotopic (exact) mass is 206 g/mol. The number of hydrogen-bond acceptors (Lipinski definition) is 3. The molecular weight excluding hydrogens is 184 g/mol. The molecule has 0 saturated heterocycles. The van der Waals surface area contributed by atoms with Crippen LogP contribution in [0.3, 0.4) is 0 Å². The maximum Gasteiger partial charge on any atom is 0.484 e. The summed E-state index contributed by atoms with van der Waals surface area (Å²) in [5.74, 6) is 0. The van der Waals surface area contributed by atoms with Gasteiger partial charge in [0.15, 0.2) is 0 Å². The van der Waals surface area contributed by atoms with Crippen LogP contribution in [0.5, 0.6) is 0 Å². The summed E-state index contributed by atoms with van der Waals surface area (Å²) in [4.78, 5) is 0. The van der Waals surface area contributed by atoms with Gasteiger partial charge in [-0.05, 0) is 19.3 Å². The first-order valence-corrected chi connectivity index (χ1v) is 6.26. The Balaban J connectivity index is 3.68. The molecule has 0 aliphatic heterocycles. The van der Waals surface area contributed by atoms with Crippen molar-refractivity contribution in [1.82, 2.24) is 0 Å². The lowest BCUT2D eigenvalue weighted by Gasteiger charge is -2.22. The fourth-order valence-corrected chi connectivity index (χ4v) is 2.20. The summed E-state index contributed by atoms with van der Waals surface area (Å²) in [6.07, 6.45) is 0. The first kappa shape index (κ1) is 13.1. The second kappa shape index (κ2) is 6.54. The molecule has 3 nitrogen and oxygen atoms in total. The SMILES string of the molecule is CCO[SiH](OCC)OCC(C)(C)C. The second-order valence-electron chi connectivity index (χ2n) is 4.07. The van der Waals surface area contributed by atoms with Crippen molar-refractivity contribution in [3.8, 4) is 0 Å². The first-order valence-electron chi connectivity index (χ1n) is 4.84. The normalized spacial score (nSPS) is 12.5. The minimum absolute atomic E-state index is 0.180. The summed E-state index contributed by atoms with van der Waals surface area (Å²) in [6, 6.07) is 0. The third kappa shape index (κ3) is 8.43. The molecule has 0 bridgehead atoms. The second-order valence-corrected chi connectivity index (χ2v) is 5.65. The van der Waals surface area contributed by atoms with Gasteiger partial charge in [0.25, 0.3) is 0 Å². The third-order valence-electron chi connectivity index (χ3n) is 1.26. The zero-order chi connectivity index (χ0) is 10.3. The molecule has 0 unspecified atom stereocenters. The molecule has 0 saturated carbocycles. The molecular formula is C9H22O3Si. The maximum absolute atomic E-state index is 5.58. The Bertz CT molecular complexity index is 117. The summed E-state index contributed by atoms with van der Waals surface area (Å²) >= 11 is 0. The molecule has 0 N–H and O–H groups in total. The van der Waals surface area contributed by atoms with Crippen molar-refractivity contribution in [1.29, 1.82) is 0 Å². The van der Waals surface area contributed by atoms with Crippen molar-refractivity contribution in [2.24, 2.45) is 5.41 Å². The Hall–Kier alpha value is 0.0969. The van der Waals surface area contributed by atoms with Crippen LogP contribution >= 0.6 is 0 Å². The first-order chi connectivity index (χ1) is 5.99. The van der Waals surface area contributed by atoms with Gasteiger partial charge in [0, 0.05) is 19.8 Å². The predicted octanol–water partition coefficient (Wildman–Crippen LogP) is 1.84. The van der Waals surface area contributed by atoms with Gasteiger partial charge in [-0.25, -0.2) is 0 Å². The molecule has 80 valence electrons. The molecule has 0 radical (unpaired) electrons. The highest BCUT2D eigenvalue weighted by Crippen LogP contribution is 2.13. The summed E-state index contributed by atoms with van der Waals surface area (Å²) in [6.45, 7) is 12.4. The predicted molar refractivity (Wildman–Crippen MR) is 55.8 cm³/mol. The van der Waals surface area contributed by atoms with Gasteiger partial charge in [-0.2, -0.15) is 0 Å². The Morgan fingerprint density at radius 2 is 1.38 bits per heavy atom. The number of rotatable bonds is 6. The Kier molecular flexibility index (Phi) is 6.58. The van der Waals surface area contributed by atoms with Crippen LogP contribution in [0.4, 0.5) is 0 Å². The van der Waals surface area contributed by atoms with E-state index >= 15 is 0 Å². The Labute approximate surface area is 83.3 Å². The lowest BCUT2D eigenvalue weighted by molar-refractivity contribution is 0.0726. The zero-order valence-electron chi connectivity index (χ0n) is 9.42. The van der Waals surface area contributed by atoms with E-state index in [1.807, 2.05) is 13.8 Å². The molecule has 0 spiro atoms. The van der Waals surface area contributed by atoms with Gasteiger partial charge in [0.05, 0.1) is 0 Å². The van der Waals surface area contributed by atoms with E-state index in [0.717, 1.165) is 0 Å². The Morgan fingerprint density at radius 1 is 0.923 bits per heavy atom. The average molecular weight is 206 g/mol. The molecule has 4 heteroatoms. The average Bonchev–Trinajstić information content (AvgIpc) is 2.00. The zero-order valence-corrected chi connectivity index (χ0v) is 10.6. The lowest BCUT2D eigenvalue weighted by atomic mass is 9.99. The van der Waals surface area contributed by atoms with Crippen molar-refractivity contribution in [2.45, 2.75) is 34.6 Å².